The first-order valence-corrected chi connectivity index (χ1v) is 11.4. The highest BCUT2D eigenvalue weighted by Crippen LogP contribution is 2.36. The molecule has 33 heavy (non-hydrogen) atoms. The van der Waals surface area contributed by atoms with Gasteiger partial charge in [0.25, 0.3) is 0 Å². The highest BCUT2D eigenvalue weighted by Gasteiger charge is 2.34. The van der Waals surface area contributed by atoms with Crippen LogP contribution in [0.2, 0.25) is 5.02 Å². The van der Waals surface area contributed by atoms with Crippen LogP contribution in [-0.4, -0.2) is 45.4 Å². The smallest absolute Gasteiger partial charge is 0.325 e. The van der Waals surface area contributed by atoms with Crippen molar-refractivity contribution in [1.29, 1.82) is 0 Å². The summed E-state index contributed by atoms with van der Waals surface area (Å²) in [5, 5.41) is 11.4. The number of thioether (sulfide) groups is 1. The van der Waals surface area contributed by atoms with Gasteiger partial charge in [-0.25, -0.2) is 0 Å². The van der Waals surface area contributed by atoms with E-state index in [0.717, 1.165) is 36.0 Å². The Morgan fingerprint density at radius 2 is 1.88 bits per heavy atom. The van der Waals surface area contributed by atoms with Crippen LogP contribution in [-0.2, 0) is 11.0 Å². The maximum atomic E-state index is 13.3. The Morgan fingerprint density at radius 1 is 1.18 bits per heavy atom. The van der Waals surface area contributed by atoms with Crippen molar-refractivity contribution in [3.05, 3.63) is 64.9 Å². The summed E-state index contributed by atoms with van der Waals surface area (Å²) >= 11 is 6.80. The highest BCUT2D eigenvalue weighted by molar-refractivity contribution is 7.99. The standard InChI is InChI=1S/C22H23ClF3N5OS/c1-4-18(30(2)3)20-28-29-21(31(20)15-8-6-5-7-9-15)33-13-19(32)27-17-11-10-14(23)12-16(17)22(24,25)26/h5-12,18H,4,13H2,1-3H3,(H,27,32)/t18-/m1/s1. The molecule has 11 heteroatoms. The van der Waals surface area contributed by atoms with Gasteiger partial charge in [0.1, 0.15) is 0 Å². The molecule has 3 aromatic rings. The number of benzene rings is 2. The van der Waals surface area contributed by atoms with Crippen molar-refractivity contribution in [3.63, 3.8) is 0 Å². The van der Waals surface area contributed by atoms with Crippen molar-refractivity contribution < 1.29 is 18.0 Å². The number of carbonyl (C=O) groups is 1. The fourth-order valence-corrected chi connectivity index (χ4v) is 4.30. The number of alkyl halides is 3. The minimum atomic E-state index is -4.65. The maximum Gasteiger partial charge on any atom is 0.418 e. The van der Waals surface area contributed by atoms with Gasteiger partial charge in [-0.3, -0.25) is 14.3 Å². The monoisotopic (exact) mass is 497 g/mol. The van der Waals surface area contributed by atoms with Crippen molar-refractivity contribution in [1.82, 2.24) is 19.7 Å². The van der Waals surface area contributed by atoms with Gasteiger partial charge in [-0.15, -0.1) is 10.2 Å². The third-order valence-corrected chi connectivity index (χ3v) is 6.04. The summed E-state index contributed by atoms with van der Waals surface area (Å²) in [7, 11) is 3.89. The molecule has 0 bridgehead atoms. The number of anilines is 1. The Labute approximate surface area is 199 Å². The van der Waals surface area contributed by atoms with E-state index < -0.39 is 17.6 Å². The van der Waals surface area contributed by atoms with Crippen LogP contribution in [0, 0.1) is 0 Å². The first-order valence-electron chi connectivity index (χ1n) is 10.1. The molecule has 1 amide bonds. The number of rotatable bonds is 8. The van der Waals surface area contributed by atoms with E-state index in [1.807, 2.05) is 60.8 Å². The van der Waals surface area contributed by atoms with Crippen LogP contribution in [0.1, 0.15) is 30.8 Å². The van der Waals surface area contributed by atoms with E-state index in [1.165, 1.54) is 6.07 Å². The van der Waals surface area contributed by atoms with Crippen LogP contribution >= 0.6 is 23.4 Å². The van der Waals surface area contributed by atoms with Gasteiger partial charge in [-0.1, -0.05) is 48.5 Å². The van der Waals surface area contributed by atoms with Crippen molar-refractivity contribution in [3.8, 4) is 5.69 Å². The Hall–Kier alpha value is -2.56. The average molecular weight is 498 g/mol. The zero-order valence-corrected chi connectivity index (χ0v) is 19.8. The van der Waals surface area contributed by atoms with Crippen LogP contribution in [0.5, 0.6) is 0 Å². The highest BCUT2D eigenvalue weighted by atomic mass is 35.5. The molecule has 0 radical (unpaired) electrons. The molecule has 1 N–H and O–H groups in total. The van der Waals surface area contributed by atoms with Gasteiger partial charge >= 0.3 is 6.18 Å². The molecular formula is C22H23ClF3N5OS. The van der Waals surface area contributed by atoms with Gasteiger partial charge in [0.15, 0.2) is 11.0 Å². The number of carbonyl (C=O) groups excluding carboxylic acids is 1. The summed E-state index contributed by atoms with van der Waals surface area (Å²) < 4.78 is 41.8. The first-order chi connectivity index (χ1) is 15.6. The minimum Gasteiger partial charge on any atom is -0.325 e. The molecule has 0 saturated heterocycles. The van der Waals surface area contributed by atoms with Gasteiger partial charge in [0.05, 0.1) is 23.0 Å². The van der Waals surface area contributed by atoms with Crippen LogP contribution in [0.4, 0.5) is 18.9 Å². The molecule has 0 fully saturated rings. The number of hydrogen-bond donors (Lipinski definition) is 1. The second-order valence-corrected chi connectivity index (χ2v) is 8.80. The number of para-hydroxylation sites is 1. The number of amides is 1. The molecule has 0 unspecified atom stereocenters. The summed E-state index contributed by atoms with van der Waals surface area (Å²) in [5.74, 6) is -0.0331. The molecule has 1 aromatic heterocycles. The van der Waals surface area contributed by atoms with E-state index >= 15 is 0 Å². The number of hydrogen-bond acceptors (Lipinski definition) is 5. The summed E-state index contributed by atoms with van der Waals surface area (Å²) in [6, 6.07) is 12.7. The predicted molar refractivity (Wildman–Crippen MR) is 124 cm³/mol. The van der Waals surface area contributed by atoms with Gasteiger partial charge in [0, 0.05) is 10.7 Å². The van der Waals surface area contributed by atoms with Crippen molar-refractivity contribution in [2.75, 3.05) is 25.2 Å². The lowest BCUT2D eigenvalue weighted by Crippen LogP contribution is -2.23. The number of halogens is 4. The lowest BCUT2D eigenvalue weighted by Gasteiger charge is -2.23. The lowest BCUT2D eigenvalue weighted by molar-refractivity contribution is -0.137. The predicted octanol–water partition coefficient (Wildman–Crippen LogP) is 5.68. The summed E-state index contributed by atoms with van der Waals surface area (Å²) in [5.41, 5.74) is -0.515. The van der Waals surface area contributed by atoms with Crippen molar-refractivity contribution in [2.24, 2.45) is 0 Å². The number of nitrogens with one attached hydrogen (secondary N) is 1. The largest absolute Gasteiger partial charge is 0.418 e. The molecule has 3 rings (SSSR count). The molecular weight excluding hydrogens is 475 g/mol. The Bertz CT molecular complexity index is 1110. The molecule has 1 heterocycles. The lowest BCUT2D eigenvalue weighted by atomic mass is 10.1. The third kappa shape index (κ3) is 6.07. The second kappa shape index (κ2) is 10.6. The zero-order chi connectivity index (χ0) is 24.2. The molecule has 0 spiro atoms. The fourth-order valence-electron chi connectivity index (χ4n) is 3.37. The summed E-state index contributed by atoms with van der Waals surface area (Å²) in [6.07, 6.45) is -3.86. The zero-order valence-electron chi connectivity index (χ0n) is 18.2. The molecule has 176 valence electrons. The van der Waals surface area contributed by atoms with E-state index in [4.69, 9.17) is 11.6 Å². The van der Waals surface area contributed by atoms with Crippen LogP contribution in [0.25, 0.3) is 5.69 Å². The van der Waals surface area contributed by atoms with Gasteiger partial charge in [-0.05, 0) is 50.8 Å². The van der Waals surface area contributed by atoms with E-state index in [2.05, 4.69) is 15.5 Å². The number of nitrogens with zero attached hydrogens (tertiary/aromatic N) is 4. The SMILES string of the molecule is CC[C@H](c1nnc(SCC(=O)Nc2ccc(Cl)cc2C(F)(F)F)n1-c1ccccc1)N(C)C. The molecule has 0 aliphatic heterocycles. The Balaban J connectivity index is 1.84. The fraction of sp³-hybridized carbons (Fsp3) is 0.318. The molecule has 0 saturated carbocycles. The minimum absolute atomic E-state index is 0.00991. The molecule has 2 aromatic carbocycles. The first kappa shape index (κ1) is 25.1. The van der Waals surface area contributed by atoms with E-state index in [0.29, 0.717) is 11.0 Å². The summed E-state index contributed by atoms with van der Waals surface area (Å²) in [4.78, 5) is 14.5. The normalized spacial score (nSPS) is 12.7. The molecule has 1 atom stereocenters. The van der Waals surface area contributed by atoms with Crippen molar-refractivity contribution >= 4 is 35.0 Å². The topological polar surface area (TPSA) is 63.1 Å². The number of aromatic nitrogens is 3. The average Bonchev–Trinajstić information content (AvgIpc) is 3.17. The van der Waals surface area contributed by atoms with E-state index in [9.17, 15) is 18.0 Å². The quantitative estimate of drug-likeness (QED) is 0.405. The molecule has 0 aliphatic carbocycles. The van der Waals surface area contributed by atoms with Gasteiger partial charge in [0.2, 0.25) is 5.91 Å². The van der Waals surface area contributed by atoms with Crippen LogP contribution < -0.4 is 5.32 Å². The molecule has 0 aliphatic rings. The molecule has 6 nitrogen and oxygen atoms in total. The second-order valence-electron chi connectivity index (χ2n) is 7.42. The van der Waals surface area contributed by atoms with E-state index in [-0.39, 0.29) is 22.5 Å². The van der Waals surface area contributed by atoms with Crippen LogP contribution in [0.3, 0.4) is 0 Å². The third-order valence-electron chi connectivity index (χ3n) is 4.87. The van der Waals surface area contributed by atoms with Gasteiger partial charge in [-0.2, -0.15) is 13.2 Å². The van der Waals surface area contributed by atoms with E-state index in [1.54, 1.807) is 0 Å². The van der Waals surface area contributed by atoms with Crippen molar-refractivity contribution in [2.45, 2.75) is 30.7 Å². The van der Waals surface area contributed by atoms with Gasteiger partial charge < -0.3 is 5.32 Å². The Kier molecular flexibility index (Phi) is 8.04. The summed E-state index contributed by atoms with van der Waals surface area (Å²) in [6.45, 7) is 2.04. The maximum absolute atomic E-state index is 13.3. The van der Waals surface area contributed by atoms with Crippen LogP contribution in [0.15, 0.2) is 53.7 Å². The Morgan fingerprint density at radius 3 is 2.48 bits per heavy atom.